The largest absolute Gasteiger partial charge is 0.460 e. The number of carbonyl (C=O) groups is 2. The van der Waals surface area contributed by atoms with Gasteiger partial charge in [-0.3, -0.25) is 9.59 Å². The van der Waals surface area contributed by atoms with E-state index in [0.29, 0.717) is 6.42 Å². The summed E-state index contributed by atoms with van der Waals surface area (Å²) in [5.41, 5.74) is -0.849. The quantitative estimate of drug-likeness (QED) is 0.219. The molecule has 0 radical (unpaired) electrons. The highest BCUT2D eigenvalue weighted by Crippen LogP contribution is 2.67. The Morgan fingerprint density at radius 3 is 1.63 bits per heavy atom. The first-order valence-corrected chi connectivity index (χ1v) is 12.7. The summed E-state index contributed by atoms with van der Waals surface area (Å²) in [6.07, 6.45) is 20.1. The molecule has 0 aromatic rings. The van der Waals surface area contributed by atoms with Gasteiger partial charge in [0.2, 0.25) is 5.91 Å². The minimum atomic E-state index is -0.433. The Morgan fingerprint density at radius 2 is 1.20 bits per heavy atom. The van der Waals surface area contributed by atoms with Crippen molar-refractivity contribution in [3.05, 3.63) is 0 Å². The van der Waals surface area contributed by atoms with Crippen LogP contribution in [-0.4, -0.2) is 23.0 Å². The molecule has 0 aromatic carbocycles. The summed E-state index contributed by atoms with van der Waals surface area (Å²) in [6, 6.07) is 0. The van der Waals surface area contributed by atoms with Gasteiger partial charge in [0.25, 0.3) is 0 Å². The molecule has 3 aliphatic rings. The number of hydrogen-bond acceptors (Lipinski definition) is 3. The smallest absolute Gasteiger partial charge is 0.312 e. The number of carbonyl (C=O) groups excluding carboxylic acids is 2. The first-order chi connectivity index (χ1) is 14.2. The lowest BCUT2D eigenvalue weighted by Crippen LogP contribution is -2.77. The summed E-state index contributed by atoms with van der Waals surface area (Å²) in [5, 5.41) is 3.20. The monoisotopic (exact) mass is 421 g/mol. The minimum absolute atomic E-state index is 0.0809. The van der Waals surface area contributed by atoms with E-state index in [1.165, 1.54) is 70.6 Å². The molecular weight excluding hydrogens is 374 g/mol. The molecule has 3 saturated carbocycles. The van der Waals surface area contributed by atoms with Crippen LogP contribution in [0.2, 0.25) is 0 Å². The Morgan fingerprint density at radius 1 is 0.767 bits per heavy atom. The zero-order chi connectivity index (χ0) is 22.1. The maximum Gasteiger partial charge on any atom is 0.312 e. The molecule has 4 heteroatoms. The zero-order valence-electron chi connectivity index (χ0n) is 20.2. The summed E-state index contributed by atoms with van der Waals surface area (Å²) < 4.78 is 5.53. The first kappa shape index (κ1) is 25.2. The molecule has 3 aliphatic carbocycles. The summed E-state index contributed by atoms with van der Waals surface area (Å²) >= 11 is 0. The van der Waals surface area contributed by atoms with Gasteiger partial charge in [-0.15, -0.1) is 0 Å². The number of amides is 1. The first-order valence-electron chi connectivity index (χ1n) is 12.7. The van der Waals surface area contributed by atoms with Gasteiger partial charge in [-0.1, -0.05) is 84.0 Å². The predicted octanol–water partition coefficient (Wildman–Crippen LogP) is 6.85. The highest BCUT2D eigenvalue weighted by Gasteiger charge is 2.73. The number of unbranched alkanes of at least 4 members (excludes halogenated alkanes) is 12. The second kappa shape index (κ2) is 11.5. The normalized spacial score (nSPS) is 24.7. The number of nitrogens with one attached hydrogen (secondary N) is 1. The van der Waals surface area contributed by atoms with Gasteiger partial charge in [0, 0.05) is 12.0 Å². The van der Waals surface area contributed by atoms with E-state index in [0.717, 1.165) is 32.1 Å². The van der Waals surface area contributed by atoms with Crippen molar-refractivity contribution >= 4 is 11.9 Å². The molecule has 30 heavy (non-hydrogen) atoms. The molecule has 0 heterocycles. The molecule has 0 atom stereocenters. The summed E-state index contributed by atoms with van der Waals surface area (Å²) in [7, 11) is 0. The van der Waals surface area contributed by atoms with Crippen LogP contribution in [0.4, 0.5) is 0 Å². The van der Waals surface area contributed by atoms with E-state index >= 15 is 0 Å². The third-order valence-corrected chi connectivity index (χ3v) is 6.77. The molecule has 0 spiro atoms. The third-order valence-electron chi connectivity index (χ3n) is 6.77. The highest BCUT2D eigenvalue weighted by molar-refractivity contribution is 5.85. The number of hydrogen-bond donors (Lipinski definition) is 1. The fraction of sp³-hybridized carbons (Fsp3) is 0.923. The van der Waals surface area contributed by atoms with Gasteiger partial charge < -0.3 is 10.1 Å². The van der Waals surface area contributed by atoms with Crippen LogP contribution in [0.3, 0.4) is 0 Å². The standard InChI is InChI=1S/C26H47NO3/c1-5-6-7-8-9-10-11-12-13-14-15-16-17-18-22(28)27-26-19-25(20-26,21-26)23(29)30-24(2,3)4/h5-21H2,1-4H3,(H,27,28). The summed E-state index contributed by atoms with van der Waals surface area (Å²) in [6.45, 7) is 7.99. The maximum atomic E-state index is 12.3. The van der Waals surface area contributed by atoms with Crippen molar-refractivity contribution in [3.63, 3.8) is 0 Å². The molecule has 1 N–H and O–H groups in total. The van der Waals surface area contributed by atoms with Crippen molar-refractivity contribution in [2.75, 3.05) is 0 Å². The SMILES string of the molecule is CCCCCCCCCCCCCCCC(=O)NC12CC(C(=O)OC(C)(C)C)(C1)C2. The van der Waals surface area contributed by atoms with Gasteiger partial charge in [-0.25, -0.2) is 0 Å². The second-order valence-electron chi connectivity index (χ2n) is 11.1. The van der Waals surface area contributed by atoms with Gasteiger partial charge in [-0.2, -0.15) is 0 Å². The van der Waals surface area contributed by atoms with E-state index < -0.39 is 5.60 Å². The van der Waals surface area contributed by atoms with Crippen LogP contribution in [0.15, 0.2) is 0 Å². The van der Waals surface area contributed by atoms with Crippen molar-refractivity contribution in [1.29, 1.82) is 0 Å². The van der Waals surface area contributed by atoms with Crippen molar-refractivity contribution in [2.45, 2.75) is 148 Å². The second-order valence-corrected chi connectivity index (χ2v) is 11.1. The van der Waals surface area contributed by atoms with Crippen LogP contribution < -0.4 is 5.32 Å². The molecule has 0 unspecified atom stereocenters. The lowest BCUT2D eigenvalue weighted by atomic mass is 9.39. The Labute approximate surface area is 185 Å². The van der Waals surface area contributed by atoms with Crippen LogP contribution in [0, 0.1) is 5.41 Å². The van der Waals surface area contributed by atoms with E-state index in [1.807, 2.05) is 20.8 Å². The van der Waals surface area contributed by atoms with Crippen LogP contribution >= 0.6 is 0 Å². The molecule has 174 valence electrons. The van der Waals surface area contributed by atoms with Crippen LogP contribution in [0.1, 0.15) is 137 Å². The molecule has 0 aromatic heterocycles. The number of esters is 1. The Kier molecular flexibility index (Phi) is 9.68. The van der Waals surface area contributed by atoms with E-state index in [-0.39, 0.29) is 22.8 Å². The fourth-order valence-corrected chi connectivity index (χ4v) is 5.18. The van der Waals surface area contributed by atoms with Crippen molar-refractivity contribution in [3.8, 4) is 0 Å². The lowest BCUT2D eigenvalue weighted by molar-refractivity contribution is -0.214. The van der Waals surface area contributed by atoms with E-state index in [4.69, 9.17) is 4.74 Å². The zero-order valence-corrected chi connectivity index (χ0v) is 20.2. The molecule has 3 fully saturated rings. The Bertz CT molecular complexity index is 529. The molecule has 2 bridgehead atoms. The third kappa shape index (κ3) is 7.89. The number of rotatable bonds is 16. The van der Waals surface area contributed by atoms with Crippen molar-refractivity contribution in [1.82, 2.24) is 5.32 Å². The van der Waals surface area contributed by atoms with Gasteiger partial charge in [-0.05, 0) is 46.5 Å². The molecule has 1 amide bonds. The molecule has 0 aliphatic heterocycles. The molecule has 3 rings (SSSR count). The van der Waals surface area contributed by atoms with Crippen LogP contribution in [-0.2, 0) is 14.3 Å². The average Bonchev–Trinajstić information content (AvgIpc) is 2.59. The molecular formula is C26H47NO3. The summed E-state index contributed by atoms with van der Waals surface area (Å²) in [4.78, 5) is 24.6. The maximum absolute atomic E-state index is 12.3. The van der Waals surface area contributed by atoms with E-state index in [9.17, 15) is 9.59 Å². The van der Waals surface area contributed by atoms with Gasteiger partial charge in [0.1, 0.15) is 5.60 Å². The summed E-state index contributed by atoms with van der Waals surface area (Å²) in [5.74, 6) is 0.0816. The van der Waals surface area contributed by atoms with Crippen molar-refractivity contribution in [2.24, 2.45) is 5.41 Å². The van der Waals surface area contributed by atoms with Gasteiger partial charge >= 0.3 is 5.97 Å². The minimum Gasteiger partial charge on any atom is -0.460 e. The molecule has 4 nitrogen and oxygen atoms in total. The van der Waals surface area contributed by atoms with E-state index in [2.05, 4.69) is 12.2 Å². The van der Waals surface area contributed by atoms with Gasteiger partial charge in [0.15, 0.2) is 0 Å². The van der Waals surface area contributed by atoms with Crippen LogP contribution in [0.5, 0.6) is 0 Å². The Balaban J connectivity index is 1.40. The van der Waals surface area contributed by atoms with Gasteiger partial charge in [0.05, 0.1) is 5.41 Å². The van der Waals surface area contributed by atoms with Crippen LogP contribution in [0.25, 0.3) is 0 Å². The Hall–Kier alpha value is -1.06. The number of ether oxygens (including phenoxy) is 1. The van der Waals surface area contributed by atoms with E-state index in [1.54, 1.807) is 0 Å². The topological polar surface area (TPSA) is 55.4 Å². The lowest BCUT2D eigenvalue weighted by Gasteiger charge is -2.68. The fourth-order valence-electron chi connectivity index (χ4n) is 5.18. The molecule has 0 saturated heterocycles. The highest BCUT2D eigenvalue weighted by atomic mass is 16.6. The average molecular weight is 422 g/mol. The van der Waals surface area contributed by atoms with Crippen molar-refractivity contribution < 1.29 is 14.3 Å². The predicted molar refractivity (Wildman–Crippen MR) is 123 cm³/mol.